The molecule has 5 aromatic rings. The lowest BCUT2D eigenvalue weighted by molar-refractivity contribution is 0.264. The van der Waals surface area contributed by atoms with Crippen LogP contribution in [0.4, 0.5) is 11.6 Å². The van der Waals surface area contributed by atoms with Gasteiger partial charge in [-0.1, -0.05) is 6.07 Å². The molecular weight excluding hydrogens is 498 g/mol. The number of hydrogen-bond acceptors (Lipinski definition) is 8. The van der Waals surface area contributed by atoms with Crippen molar-refractivity contribution in [2.45, 2.75) is 18.9 Å². The van der Waals surface area contributed by atoms with Crippen molar-refractivity contribution >= 4 is 33.6 Å². The molecule has 7 rings (SSSR count). The van der Waals surface area contributed by atoms with Crippen LogP contribution in [0.3, 0.4) is 0 Å². The maximum absolute atomic E-state index is 4.80. The molecule has 0 radical (unpaired) electrons. The number of H-pyrrole nitrogens is 1. The van der Waals surface area contributed by atoms with Gasteiger partial charge in [0.05, 0.1) is 5.52 Å². The summed E-state index contributed by atoms with van der Waals surface area (Å²) in [5.74, 6) is 1.95. The summed E-state index contributed by atoms with van der Waals surface area (Å²) < 4.78 is 0. The molecule has 4 aromatic heterocycles. The number of fused-ring (bicyclic) bond motifs is 2. The van der Waals surface area contributed by atoms with Crippen LogP contribution in [0.25, 0.3) is 44.2 Å². The topological polar surface area (TPSA) is 89.1 Å². The van der Waals surface area contributed by atoms with E-state index in [9.17, 15) is 0 Å². The van der Waals surface area contributed by atoms with Gasteiger partial charge < -0.3 is 25.0 Å². The lowest BCUT2D eigenvalue weighted by Gasteiger charge is -2.33. The molecule has 2 saturated heterocycles. The van der Waals surface area contributed by atoms with Crippen LogP contribution in [-0.4, -0.2) is 94.1 Å². The predicted octanol–water partition coefficient (Wildman–Crippen LogP) is 4.49. The summed E-state index contributed by atoms with van der Waals surface area (Å²) in [6.45, 7) is 6.35. The number of likely N-dealkylation sites (tertiary alicyclic amines) is 1. The van der Waals surface area contributed by atoms with E-state index >= 15 is 0 Å². The van der Waals surface area contributed by atoms with E-state index in [0.717, 1.165) is 108 Å². The van der Waals surface area contributed by atoms with E-state index in [1.807, 2.05) is 18.6 Å². The Hall–Kier alpha value is -4.08. The molecule has 0 aliphatic carbocycles. The molecule has 2 aliphatic heterocycles. The second-order valence-corrected chi connectivity index (χ2v) is 11.2. The van der Waals surface area contributed by atoms with Gasteiger partial charge in [-0.2, -0.15) is 0 Å². The highest BCUT2D eigenvalue weighted by Crippen LogP contribution is 2.34. The highest BCUT2D eigenvalue weighted by molar-refractivity contribution is 5.99. The highest BCUT2D eigenvalue weighted by atomic mass is 15.3. The van der Waals surface area contributed by atoms with Crippen LogP contribution in [0.15, 0.2) is 61.3 Å². The number of anilines is 2. The van der Waals surface area contributed by atoms with Crippen molar-refractivity contribution in [3.8, 4) is 22.3 Å². The Balaban J connectivity index is 1.19. The first-order valence-corrected chi connectivity index (χ1v) is 14.2. The monoisotopic (exact) mass is 533 g/mol. The van der Waals surface area contributed by atoms with Crippen LogP contribution in [0.5, 0.6) is 0 Å². The van der Waals surface area contributed by atoms with Crippen molar-refractivity contribution in [2.75, 3.05) is 63.6 Å². The minimum atomic E-state index is 0.425. The zero-order valence-electron chi connectivity index (χ0n) is 23.1. The molecule has 9 heteroatoms. The van der Waals surface area contributed by atoms with Crippen molar-refractivity contribution in [1.82, 2.24) is 34.7 Å². The molecule has 0 spiro atoms. The maximum atomic E-state index is 4.80. The van der Waals surface area contributed by atoms with Gasteiger partial charge in [0.25, 0.3) is 0 Å². The largest absolute Gasteiger partial charge is 0.367 e. The number of aromatic nitrogens is 5. The highest BCUT2D eigenvalue weighted by Gasteiger charge is 2.19. The molecular formula is C31H35N9. The number of piperazine rings is 1. The smallest absolute Gasteiger partial charge is 0.137 e. The van der Waals surface area contributed by atoms with Gasteiger partial charge in [-0.05, 0) is 75.9 Å². The molecule has 204 valence electrons. The predicted molar refractivity (Wildman–Crippen MR) is 162 cm³/mol. The lowest BCUT2D eigenvalue weighted by Crippen LogP contribution is -2.44. The number of piperidine rings is 1. The van der Waals surface area contributed by atoms with E-state index < -0.39 is 0 Å². The number of likely N-dealkylation sites (N-methyl/N-ethyl adjacent to an activating group) is 1. The average Bonchev–Trinajstić information content (AvgIpc) is 3.42. The second kappa shape index (κ2) is 10.5. The third kappa shape index (κ3) is 4.87. The van der Waals surface area contributed by atoms with Crippen LogP contribution in [0.2, 0.25) is 0 Å². The molecule has 1 aromatic carbocycles. The Kier molecular flexibility index (Phi) is 6.53. The summed E-state index contributed by atoms with van der Waals surface area (Å²) in [5.41, 5.74) is 6.16. The Labute approximate surface area is 234 Å². The fraction of sp³-hybridized carbons (Fsp3) is 0.355. The van der Waals surface area contributed by atoms with Crippen LogP contribution in [-0.2, 0) is 0 Å². The van der Waals surface area contributed by atoms with Crippen molar-refractivity contribution in [1.29, 1.82) is 0 Å². The average molecular weight is 534 g/mol. The third-order valence-corrected chi connectivity index (χ3v) is 8.45. The molecule has 0 unspecified atom stereocenters. The summed E-state index contributed by atoms with van der Waals surface area (Å²) >= 11 is 0. The van der Waals surface area contributed by atoms with E-state index in [0.29, 0.717) is 6.04 Å². The quantitative estimate of drug-likeness (QED) is 0.342. The molecule has 0 amide bonds. The molecule has 0 saturated carbocycles. The Morgan fingerprint density at radius 1 is 0.750 bits per heavy atom. The first-order valence-electron chi connectivity index (χ1n) is 14.2. The fourth-order valence-corrected chi connectivity index (χ4v) is 5.86. The van der Waals surface area contributed by atoms with Gasteiger partial charge >= 0.3 is 0 Å². The summed E-state index contributed by atoms with van der Waals surface area (Å²) in [5, 5.41) is 5.83. The van der Waals surface area contributed by atoms with Crippen molar-refractivity contribution in [3.63, 3.8) is 0 Å². The third-order valence-electron chi connectivity index (χ3n) is 8.45. The Bertz CT molecular complexity index is 1630. The molecule has 0 bridgehead atoms. The van der Waals surface area contributed by atoms with Gasteiger partial charge in [-0.25, -0.2) is 19.9 Å². The van der Waals surface area contributed by atoms with Crippen LogP contribution >= 0.6 is 0 Å². The maximum Gasteiger partial charge on any atom is 0.137 e. The van der Waals surface area contributed by atoms with E-state index in [1.54, 1.807) is 6.33 Å². The number of pyridine rings is 2. The summed E-state index contributed by atoms with van der Waals surface area (Å²) in [4.78, 5) is 29.2. The van der Waals surface area contributed by atoms with Gasteiger partial charge in [0.2, 0.25) is 0 Å². The zero-order valence-corrected chi connectivity index (χ0v) is 23.1. The normalized spacial score (nSPS) is 17.6. The zero-order chi connectivity index (χ0) is 27.1. The van der Waals surface area contributed by atoms with E-state index in [-0.39, 0.29) is 0 Å². The van der Waals surface area contributed by atoms with Crippen LogP contribution < -0.4 is 10.2 Å². The molecule has 2 fully saturated rings. The molecule has 9 nitrogen and oxygen atoms in total. The van der Waals surface area contributed by atoms with Crippen molar-refractivity contribution < 1.29 is 0 Å². The van der Waals surface area contributed by atoms with E-state index in [2.05, 4.69) is 85.5 Å². The Morgan fingerprint density at radius 3 is 2.30 bits per heavy atom. The minimum Gasteiger partial charge on any atom is -0.367 e. The van der Waals surface area contributed by atoms with Crippen molar-refractivity contribution in [2.24, 2.45) is 0 Å². The fourth-order valence-electron chi connectivity index (χ4n) is 5.86. The second-order valence-electron chi connectivity index (χ2n) is 11.2. The van der Waals surface area contributed by atoms with E-state index in [1.165, 1.54) is 0 Å². The number of nitrogens with zero attached hydrogens (tertiary/aromatic N) is 7. The first kappa shape index (κ1) is 24.9. The summed E-state index contributed by atoms with van der Waals surface area (Å²) in [6, 6.07) is 13.3. The van der Waals surface area contributed by atoms with E-state index in [4.69, 9.17) is 9.97 Å². The van der Waals surface area contributed by atoms with Gasteiger partial charge in [-0.3, -0.25) is 0 Å². The SMILES string of the molecule is CN1CCC(Nc2ncnc3ccc(-c4c[nH]c5ncc(-c6ccc(N7CCN(C)CC7)nc6)cc45)cc23)CC1. The molecule has 0 atom stereocenters. The first-order chi connectivity index (χ1) is 19.6. The van der Waals surface area contributed by atoms with Gasteiger partial charge in [0.15, 0.2) is 0 Å². The lowest BCUT2D eigenvalue weighted by atomic mass is 10.0. The number of hydrogen-bond donors (Lipinski definition) is 2. The van der Waals surface area contributed by atoms with Crippen LogP contribution in [0.1, 0.15) is 12.8 Å². The molecule has 2 aliphatic rings. The number of nitrogens with one attached hydrogen (secondary N) is 2. The van der Waals surface area contributed by atoms with Crippen LogP contribution in [0, 0.1) is 0 Å². The Morgan fingerprint density at radius 2 is 1.50 bits per heavy atom. The number of benzene rings is 1. The van der Waals surface area contributed by atoms with Gasteiger partial charge in [-0.15, -0.1) is 0 Å². The minimum absolute atomic E-state index is 0.425. The molecule has 40 heavy (non-hydrogen) atoms. The number of rotatable bonds is 5. The molecule has 6 heterocycles. The number of aromatic amines is 1. The standard InChI is InChI=1S/C31H35N9/c1-38-9-7-24(8-10-38)37-31-26-15-21(3-5-28(26)35-20-36-31)27-19-34-30-25(27)16-23(18-33-30)22-4-6-29(32-17-22)40-13-11-39(2)12-14-40/h3-6,15-20,24H,7-14H2,1-2H3,(H,33,34)(H,35,36,37). The summed E-state index contributed by atoms with van der Waals surface area (Å²) in [6.07, 6.45) is 9.83. The molecule has 2 N–H and O–H groups in total. The van der Waals surface area contributed by atoms with Gasteiger partial charge in [0.1, 0.15) is 23.6 Å². The summed E-state index contributed by atoms with van der Waals surface area (Å²) in [7, 11) is 4.36. The van der Waals surface area contributed by atoms with Crippen molar-refractivity contribution in [3.05, 3.63) is 61.3 Å². The van der Waals surface area contributed by atoms with Gasteiger partial charge in [0, 0.05) is 78.3 Å².